The lowest BCUT2D eigenvalue weighted by Gasteiger charge is -2.11. The van der Waals surface area contributed by atoms with E-state index in [2.05, 4.69) is 14.7 Å². The number of anilines is 2. The number of nitrogens with two attached hydrogens (primary N) is 1. The first-order chi connectivity index (χ1) is 10.00. The molecule has 2 heterocycles. The van der Waals surface area contributed by atoms with Gasteiger partial charge in [0, 0.05) is 24.0 Å². The quantitative estimate of drug-likeness (QED) is 0.834. The summed E-state index contributed by atoms with van der Waals surface area (Å²) in [6.07, 6.45) is 3.20. The molecule has 1 fully saturated rings. The summed E-state index contributed by atoms with van der Waals surface area (Å²) in [5, 5.41) is 6.38. The fraction of sp³-hybridized carbons (Fsp3) is 0.500. The van der Waals surface area contributed by atoms with Gasteiger partial charge < -0.3 is 11.1 Å². The molecule has 114 valence electrons. The number of thiazole rings is 1. The third kappa shape index (κ3) is 2.90. The van der Waals surface area contributed by atoms with Crippen LogP contribution in [0.5, 0.6) is 0 Å². The second kappa shape index (κ2) is 5.54. The van der Waals surface area contributed by atoms with E-state index in [1.165, 1.54) is 0 Å². The van der Waals surface area contributed by atoms with E-state index in [9.17, 15) is 8.42 Å². The van der Waals surface area contributed by atoms with Crippen LogP contribution < -0.4 is 11.1 Å². The van der Waals surface area contributed by atoms with Crippen molar-refractivity contribution in [1.29, 1.82) is 0 Å². The van der Waals surface area contributed by atoms with Crippen LogP contribution >= 0.6 is 22.9 Å². The summed E-state index contributed by atoms with van der Waals surface area (Å²) >= 11 is 2.69. The van der Waals surface area contributed by atoms with Gasteiger partial charge in [-0.05, 0) is 24.4 Å². The molecule has 9 heteroatoms. The standard InChI is InChI=1S/C12H16N4O2S3/c1-7(11-14-4-5-19-11)6-15-12-9(10(13)16-20-12)21(17,18)8-2-3-8/h4-5,7-8,15H,2-3,6H2,1H3,(H2,13,16). The average molecular weight is 344 g/mol. The van der Waals surface area contributed by atoms with Gasteiger partial charge in [0.05, 0.1) is 10.3 Å². The maximum absolute atomic E-state index is 12.4. The Morgan fingerprint density at radius 1 is 1.52 bits per heavy atom. The van der Waals surface area contributed by atoms with Crippen LogP contribution in [0.25, 0.3) is 0 Å². The Hall–Kier alpha value is -1.19. The smallest absolute Gasteiger partial charge is 0.187 e. The number of aromatic nitrogens is 2. The summed E-state index contributed by atoms with van der Waals surface area (Å²) in [6, 6.07) is 0. The zero-order valence-corrected chi connectivity index (χ0v) is 13.9. The highest BCUT2D eigenvalue weighted by atomic mass is 32.2. The van der Waals surface area contributed by atoms with Gasteiger partial charge >= 0.3 is 0 Å². The van der Waals surface area contributed by atoms with Gasteiger partial charge in [-0.25, -0.2) is 13.4 Å². The minimum atomic E-state index is -3.34. The number of hydrogen-bond acceptors (Lipinski definition) is 8. The largest absolute Gasteiger partial charge is 0.382 e. The van der Waals surface area contributed by atoms with Crippen molar-refractivity contribution in [3.63, 3.8) is 0 Å². The summed E-state index contributed by atoms with van der Waals surface area (Å²) in [5.74, 6) is 0.307. The van der Waals surface area contributed by atoms with Crippen molar-refractivity contribution in [3.8, 4) is 0 Å². The number of hydrogen-bond donors (Lipinski definition) is 2. The van der Waals surface area contributed by atoms with Gasteiger partial charge in [-0.2, -0.15) is 4.37 Å². The molecule has 1 unspecified atom stereocenters. The molecule has 3 rings (SSSR count). The number of nitrogens with zero attached hydrogens (tertiary/aromatic N) is 2. The van der Waals surface area contributed by atoms with Crippen molar-refractivity contribution < 1.29 is 8.42 Å². The van der Waals surface area contributed by atoms with Gasteiger partial charge in [-0.15, -0.1) is 11.3 Å². The second-order valence-electron chi connectivity index (χ2n) is 5.12. The SMILES string of the molecule is CC(CNc1snc(N)c1S(=O)(=O)C1CC1)c1nccs1. The van der Waals surface area contributed by atoms with Crippen LogP contribution in [0.4, 0.5) is 10.8 Å². The molecule has 0 saturated heterocycles. The van der Waals surface area contributed by atoms with E-state index < -0.39 is 9.84 Å². The van der Waals surface area contributed by atoms with E-state index in [4.69, 9.17) is 5.73 Å². The zero-order valence-electron chi connectivity index (χ0n) is 11.4. The molecule has 1 saturated carbocycles. The summed E-state index contributed by atoms with van der Waals surface area (Å²) in [6.45, 7) is 2.65. The molecule has 2 aromatic heterocycles. The Morgan fingerprint density at radius 2 is 2.29 bits per heavy atom. The van der Waals surface area contributed by atoms with E-state index in [1.807, 2.05) is 12.3 Å². The molecule has 1 atom stereocenters. The Morgan fingerprint density at radius 3 is 2.90 bits per heavy atom. The Labute approximate surface area is 131 Å². The van der Waals surface area contributed by atoms with Gasteiger partial charge in [0.25, 0.3) is 0 Å². The highest BCUT2D eigenvalue weighted by molar-refractivity contribution is 7.92. The second-order valence-corrected chi connectivity index (χ2v) is 8.99. The molecule has 0 radical (unpaired) electrons. The maximum Gasteiger partial charge on any atom is 0.187 e. The van der Waals surface area contributed by atoms with Gasteiger partial charge in [0.1, 0.15) is 9.90 Å². The average Bonchev–Trinajstić information content (AvgIpc) is 3.04. The van der Waals surface area contributed by atoms with E-state index in [0.717, 1.165) is 16.5 Å². The molecule has 0 bridgehead atoms. The molecular formula is C12H16N4O2S3. The summed E-state index contributed by atoms with van der Waals surface area (Å²) in [5.41, 5.74) is 5.76. The summed E-state index contributed by atoms with van der Waals surface area (Å²) in [7, 11) is -3.34. The van der Waals surface area contributed by atoms with Gasteiger partial charge in [-0.3, -0.25) is 0 Å². The molecule has 0 aliphatic heterocycles. The number of sulfone groups is 1. The third-order valence-electron chi connectivity index (χ3n) is 3.36. The van der Waals surface area contributed by atoms with Crippen LogP contribution in [-0.4, -0.2) is 29.6 Å². The van der Waals surface area contributed by atoms with Crippen molar-refractivity contribution in [2.24, 2.45) is 0 Å². The van der Waals surface area contributed by atoms with Crippen molar-refractivity contribution in [2.75, 3.05) is 17.6 Å². The van der Waals surface area contributed by atoms with Crippen LogP contribution in [0.1, 0.15) is 30.7 Å². The summed E-state index contributed by atoms with van der Waals surface area (Å²) < 4.78 is 28.8. The lowest BCUT2D eigenvalue weighted by Crippen LogP contribution is -2.14. The fourth-order valence-corrected chi connectivity index (χ4v) is 5.63. The minimum Gasteiger partial charge on any atom is -0.382 e. The highest BCUT2D eigenvalue weighted by Crippen LogP contribution is 2.41. The van der Waals surface area contributed by atoms with Gasteiger partial charge in [0.2, 0.25) is 0 Å². The first-order valence-electron chi connectivity index (χ1n) is 6.62. The summed E-state index contributed by atoms with van der Waals surface area (Å²) in [4.78, 5) is 4.45. The molecule has 0 aromatic carbocycles. The van der Waals surface area contributed by atoms with Crippen LogP contribution in [0.15, 0.2) is 16.5 Å². The first kappa shape index (κ1) is 14.7. The predicted molar refractivity (Wildman–Crippen MR) is 85.8 cm³/mol. The van der Waals surface area contributed by atoms with Crippen molar-refractivity contribution >= 4 is 43.5 Å². The fourth-order valence-electron chi connectivity index (χ4n) is 2.04. The normalized spacial score (nSPS) is 16.8. The van der Waals surface area contributed by atoms with E-state index >= 15 is 0 Å². The van der Waals surface area contributed by atoms with Crippen molar-refractivity contribution in [1.82, 2.24) is 9.36 Å². The lowest BCUT2D eigenvalue weighted by molar-refractivity contribution is 0.595. The number of rotatable bonds is 6. The Bertz CT molecular complexity index is 720. The van der Waals surface area contributed by atoms with E-state index in [0.29, 0.717) is 24.4 Å². The topological polar surface area (TPSA) is 98.0 Å². The monoisotopic (exact) mass is 344 g/mol. The van der Waals surface area contributed by atoms with Crippen LogP contribution in [-0.2, 0) is 9.84 Å². The van der Waals surface area contributed by atoms with Crippen molar-refractivity contribution in [3.05, 3.63) is 16.6 Å². The van der Waals surface area contributed by atoms with Crippen LogP contribution in [0.3, 0.4) is 0 Å². The molecule has 1 aliphatic rings. The van der Waals surface area contributed by atoms with Crippen LogP contribution in [0.2, 0.25) is 0 Å². The molecular weight excluding hydrogens is 328 g/mol. The molecule has 3 N–H and O–H groups in total. The Balaban J connectivity index is 1.77. The zero-order chi connectivity index (χ0) is 15.0. The molecule has 6 nitrogen and oxygen atoms in total. The molecule has 2 aromatic rings. The van der Waals surface area contributed by atoms with Gasteiger partial charge in [-0.1, -0.05) is 6.92 Å². The molecule has 21 heavy (non-hydrogen) atoms. The molecule has 0 spiro atoms. The molecule has 1 aliphatic carbocycles. The third-order valence-corrected chi connectivity index (χ3v) is 7.65. The van der Waals surface area contributed by atoms with E-state index in [1.54, 1.807) is 17.5 Å². The predicted octanol–water partition coefficient (Wildman–Crippen LogP) is 2.33. The number of nitrogens with one attached hydrogen (secondary N) is 1. The molecule has 0 amide bonds. The van der Waals surface area contributed by atoms with Gasteiger partial charge in [0.15, 0.2) is 15.7 Å². The van der Waals surface area contributed by atoms with Crippen molar-refractivity contribution in [2.45, 2.75) is 35.8 Å². The first-order valence-corrected chi connectivity index (χ1v) is 9.82. The lowest BCUT2D eigenvalue weighted by atomic mass is 10.2. The van der Waals surface area contributed by atoms with E-state index in [-0.39, 0.29) is 21.9 Å². The minimum absolute atomic E-state index is 0.108. The van der Waals surface area contributed by atoms with Crippen LogP contribution in [0, 0.1) is 0 Å². The Kier molecular flexibility index (Phi) is 3.89. The highest BCUT2D eigenvalue weighted by Gasteiger charge is 2.40. The number of nitrogen functional groups attached to an aromatic ring is 1. The maximum atomic E-state index is 12.4.